The number of ketones is 1. The topological polar surface area (TPSA) is 124 Å². The Hall–Kier alpha value is -5.06. The highest BCUT2D eigenvalue weighted by Crippen LogP contribution is 2.27. The SMILES string of the molecule is Nc1c(C(=O)c2ccc(F)cc2)ccc(=O)n1-c1c(F)cc(OCCCNc2ccccc2CC(=O)O)cc1F. The molecule has 40 heavy (non-hydrogen) atoms. The highest BCUT2D eigenvalue weighted by atomic mass is 19.1. The number of halogens is 3. The predicted octanol–water partition coefficient (Wildman–Crippen LogP) is 4.58. The first-order valence-electron chi connectivity index (χ1n) is 12.1. The Morgan fingerprint density at radius 3 is 2.30 bits per heavy atom. The average Bonchev–Trinajstić information content (AvgIpc) is 2.90. The molecule has 4 aromatic rings. The fourth-order valence-electron chi connectivity index (χ4n) is 4.07. The number of aliphatic carboxylic acids is 1. The van der Waals surface area contributed by atoms with Gasteiger partial charge in [0.2, 0.25) is 0 Å². The van der Waals surface area contributed by atoms with E-state index in [2.05, 4.69) is 5.32 Å². The molecule has 0 spiro atoms. The lowest BCUT2D eigenvalue weighted by Gasteiger charge is -2.16. The number of carbonyl (C=O) groups is 2. The van der Waals surface area contributed by atoms with Gasteiger partial charge in [0.05, 0.1) is 18.6 Å². The Balaban J connectivity index is 1.47. The summed E-state index contributed by atoms with van der Waals surface area (Å²) in [5.41, 5.74) is 5.54. The van der Waals surface area contributed by atoms with Gasteiger partial charge in [-0.05, 0) is 48.4 Å². The van der Waals surface area contributed by atoms with Gasteiger partial charge in [-0.3, -0.25) is 19.0 Å². The van der Waals surface area contributed by atoms with Crippen LogP contribution in [0.5, 0.6) is 5.75 Å². The van der Waals surface area contributed by atoms with Gasteiger partial charge < -0.3 is 20.9 Å². The molecule has 0 amide bonds. The number of nitrogens with two attached hydrogens (primary N) is 1. The second-order valence-corrected chi connectivity index (χ2v) is 8.73. The number of hydrogen-bond acceptors (Lipinski definition) is 6. The minimum atomic E-state index is -1.14. The first-order valence-corrected chi connectivity index (χ1v) is 12.1. The zero-order valence-corrected chi connectivity index (χ0v) is 21.0. The molecule has 0 saturated heterocycles. The molecule has 0 bridgehead atoms. The number of nitrogens with zero attached hydrogens (tertiary/aromatic N) is 1. The Labute approximate surface area is 226 Å². The molecule has 206 valence electrons. The second kappa shape index (κ2) is 12.2. The van der Waals surface area contributed by atoms with E-state index >= 15 is 8.78 Å². The summed E-state index contributed by atoms with van der Waals surface area (Å²) in [6, 6.07) is 15.4. The maximum atomic E-state index is 15.1. The van der Waals surface area contributed by atoms with E-state index in [-0.39, 0.29) is 29.9 Å². The molecule has 4 N–H and O–H groups in total. The van der Waals surface area contributed by atoms with E-state index in [0.29, 0.717) is 28.8 Å². The quantitative estimate of drug-likeness (QED) is 0.184. The third kappa shape index (κ3) is 6.32. The first kappa shape index (κ1) is 28.0. The number of benzene rings is 3. The maximum Gasteiger partial charge on any atom is 0.307 e. The lowest BCUT2D eigenvalue weighted by Crippen LogP contribution is -2.25. The lowest BCUT2D eigenvalue weighted by molar-refractivity contribution is -0.136. The minimum absolute atomic E-state index is 0.0721. The van der Waals surface area contributed by atoms with E-state index in [9.17, 15) is 18.8 Å². The molecule has 11 heteroatoms. The van der Waals surface area contributed by atoms with Gasteiger partial charge >= 0.3 is 5.97 Å². The number of pyridine rings is 1. The van der Waals surface area contributed by atoms with Gasteiger partial charge in [-0.1, -0.05) is 18.2 Å². The molecule has 1 heterocycles. The number of para-hydroxylation sites is 1. The number of rotatable bonds is 11. The average molecular weight is 552 g/mol. The van der Waals surface area contributed by atoms with Crippen molar-refractivity contribution in [2.75, 3.05) is 24.2 Å². The van der Waals surface area contributed by atoms with Gasteiger partial charge in [0.15, 0.2) is 17.4 Å². The Morgan fingerprint density at radius 1 is 0.950 bits per heavy atom. The number of anilines is 2. The summed E-state index contributed by atoms with van der Waals surface area (Å²) in [6.07, 6.45) is 0.286. The van der Waals surface area contributed by atoms with Crippen LogP contribution in [0.3, 0.4) is 0 Å². The number of aromatic nitrogens is 1. The second-order valence-electron chi connectivity index (χ2n) is 8.73. The highest BCUT2D eigenvalue weighted by molar-refractivity contribution is 6.11. The molecule has 0 radical (unpaired) electrons. The van der Waals surface area contributed by atoms with Crippen molar-refractivity contribution in [1.82, 2.24) is 4.57 Å². The van der Waals surface area contributed by atoms with Gasteiger partial charge in [-0.15, -0.1) is 0 Å². The van der Waals surface area contributed by atoms with Crippen LogP contribution >= 0.6 is 0 Å². The van der Waals surface area contributed by atoms with Gasteiger partial charge in [0.1, 0.15) is 23.1 Å². The van der Waals surface area contributed by atoms with Crippen LogP contribution in [0.1, 0.15) is 27.9 Å². The summed E-state index contributed by atoms with van der Waals surface area (Å²) in [4.78, 5) is 36.4. The number of hydrogen-bond donors (Lipinski definition) is 3. The van der Waals surface area contributed by atoms with Crippen LogP contribution in [0.2, 0.25) is 0 Å². The molecule has 1 aromatic heterocycles. The smallest absolute Gasteiger partial charge is 0.307 e. The fourth-order valence-corrected chi connectivity index (χ4v) is 4.07. The molecular formula is C29H24F3N3O5. The van der Waals surface area contributed by atoms with Crippen LogP contribution < -0.4 is 21.3 Å². The number of carbonyl (C=O) groups excluding carboxylic acids is 1. The number of carboxylic acids is 1. The van der Waals surface area contributed by atoms with Crippen molar-refractivity contribution in [3.8, 4) is 11.4 Å². The summed E-state index contributed by atoms with van der Waals surface area (Å²) < 4.78 is 49.4. The monoisotopic (exact) mass is 551 g/mol. The largest absolute Gasteiger partial charge is 0.493 e. The summed E-state index contributed by atoms with van der Waals surface area (Å²) in [5.74, 6) is -5.07. The number of nitrogen functional groups attached to an aromatic ring is 1. The van der Waals surface area contributed by atoms with Crippen LogP contribution in [-0.2, 0) is 11.2 Å². The predicted molar refractivity (Wildman–Crippen MR) is 143 cm³/mol. The Kier molecular flexibility index (Phi) is 8.53. The number of carboxylic acid groups (broad SMARTS) is 1. The van der Waals surface area contributed by atoms with Crippen molar-refractivity contribution in [2.24, 2.45) is 0 Å². The molecular weight excluding hydrogens is 527 g/mol. The molecule has 0 fully saturated rings. The molecule has 0 saturated carbocycles. The zero-order valence-electron chi connectivity index (χ0n) is 21.0. The number of nitrogens with one attached hydrogen (secondary N) is 1. The molecule has 0 atom stereocenters. The molecule has 3 aromatic carbocycles. The van der Waals surface area contributed by atoms with Crippen molar-refractivity contribution >= 4 is 23.3 Å². The van der Waals surface area contributed by atoms with Gasteiger partial charge in [0, 0.05) is 36.0 Å². The van der Waals surface area contributed by atoms with E-state index in [1.54, 1.807) is 24.3 Å². The Bertz CT molecular complexity index is 1600. The lowest BCUT2D eigenvalue weighted by atomic mass is 10.0. The van der Waals surface area contributed by atoms with Crippen molar-refractivity contribution in [1.29, 1.82) is 0 Å². The van der Waals surface area contributed by atoms with Crippen LogP contribution in [0, 0.1) is 17.5 Å². The van der Waals surface area contributed by atoms with Crippen molar-refractivity contribution < 1.29 is 32.6 Å². The summed E-state index contributed by atoms with van der Waals surface area (Å²) >= 11 is 0. The molecule has 4 rings (SSSR count). The third-order valence-corrected chi connectivity index (χ3v) is 5.96. The van der Waals surface area contributed by atoms with Crippen molar-refractivity contribution in [3.63, 3.8) is 0 Å². The van der Waals surface area contributed by atoms with Gasteiger partial charge in [-0.2, -0.15) is 0 Å². The fraction of sp³-hybridized carbons (Fsp3) is 0.138. The molecule has 0 aliphatic carbocycles. The highest BCUT2D eigenvalue weighted by Gasteiger charge is 2.22. The summed E-state index contributed by atoms with van der Waals surface area (Å²) in [5, 5.41) is 12.1. The van der Waals surface area contributed by atoms with Crippen molar-refractivity contribution in [2.45, 2.75) is 12.8 Å². The van der Waals surface area contributed by atoms with E-state index in [4.69, 9.17) is 15.6 Å². The van der Waals surface area contributed by atoms with Crippen LogP contribution in [0.4, 0.5) is 24.7 Å². The van der Waals surface area contributed by atoms with Crippen LogP contribution in [-0.4, -0.2) is 34.6 Å². The molecule has 8 nitrogen and oxygen atoms in total. The van der Waals surface area contributed by atoms with Gasteiger partial charge in [-0.25, -0.2) is 13.2 Å². The minimum Gasteiger partial charge on any atom is -0.493 e. The first-order chi connectivity index (χ1) is 19.2. The maximum absolute atomic E-state index is 15.1. The standard InChI is InChI=1S/C29H24F3N3O5/c30-19-8-6-17(7-9-19)28(39)21-10-11-25(36)35(29(21)33)27-22(31)15-20(16-23(27)32)40-13-3-12-34-24-5-2-1-4-18(24)14-26(37)38/h1-2,4-11,15-16,34H,3,12-14,33H2,(H,37,38). The normalized spacial score (nSPS) is 10.8. The van der Waals surface area contributed by atoms with Crippen LogP contribution in [0.15, 0.2) is 77.6 Å². The third-order valence-electron chi connectivity index (χ3n) is 5.96. The van der Waals surface area contributed by atoms with E-state index in [0.717, 1.165) is 36.4 Å². The van der Waals surface area contributed by atoms with Crippen LogP contribution in [0.25, 0.3) is 5.69 Å². The molecule has 0 unspecified atom stereocenters. The van der Waals surface area contributed by atoms with E-state index in [1.807, 2.05) is 0 Å². The van der Waals surface area contributed by atoms with Crippen molar-refractivity contribution in [3.05, 3.63) is 117 Å². The zero-order chi connectivity index (χ0) is 28.8. The van der Waals surface area contributed by atoms with Gasteiger partial charge in [0.25, 0.3) is 5.56 Å². The Morgan fingerprint density at radius 2 is 1.62 bits per heavy atom. The summed E-state index contributed by atoms with van der Waals surface area (Å²) in [7, 11) is 0. The molecule has 0 aliphatic rings. The summed E-state index contributed by atoms with van der Waals surface area (Å²) in [6.45, 7) is 0.483. The number of ether oxygens (including phenoxy) is 1. The van der Waals surface area contributed by atoms with E-state index < -0.39 is 46.3 Å². The molecule has 0 aliphatic heterocycles. The van der Waals surface area contributed by atoms with E-state index in [1.165, 1.54) is 12.1 Å².